The van der Waals surface area contributed by atoms with Crippen molar-refractivity contribution in [2.24, 2.45) is 0 Å². The van der Waals surface area contributed by atoms with Gasteiger partial charge in [-0.25, -0.2) is 13.8 Å². The molecule has 0 atom stereocenters. The third-order valence-corrected chi connectivity index (χ3v) is 6.02. The van der Waals surface area contributed by atoms with Crippen LogP contribution in [0.2, 0.25) is 0 Å². The molecule has 1 aliphatic rings. The smallest absolute Gasteiger partial charge is 0.165 e. The highest BCUT2D eigenvalue weighted by Crippen LogP contribution is 2.41. The normalized spacial score (nSPS) is 14.2. The molecule has 4 rings (SSSR count). The van der Waals surface area contributed by atoms with Crippen molar-refractivity contribution in [2.45, 2.75) is 18.9 Å². The Balaban J connectivity index is 1.86. The number of piperidine rings is 1. The standard InChI is InChI=1S/C25H24F2N4O2/c1-29-18-7-9-31(10-8-18)23-13-21(32)24(15-5-6-22(33-2)20(27)11-15)25(30-23)16-3-4-17(14-28)19(26)12-16/h3-6,11-13,18,29H,7-10H2,1-2H3,(H,30,32). The SMILES string of the molecule is CNC1CCN(c2cc(O)c(-c3ccc(OC)c(F)c3)c(-c3ccc(C#N)c(F)c3)n2)CC1. The van der Waals surface area contributed by atoms with E-state index in [-0.39, 0.29) is 22.6 Å². The average Bonchev–Trinajstić information content (AvgIpc) is 2.83. The zero-order valence-electron chi connectivity index (χ0n) is 18.4. The van der Waals surface area contributed by atoms with Crippen molar-refractivity contribution in [3.8, 4) is 40.0 Å². The summed E-state index contributed by atoms with van der Waals surface area (Å²) >= 11 is 0. The lowest BCUT2D eigenvalue weighted by Gasteiger charge is -2.33. The molecule has 2 heterocycles. The zero-order chi connectivity index (χ0) is 23.5. The summed E-state index contributed by atoms with van der Waals surface area (Å²) in [5.74, 6) is -0.756. The van der Waals surface area contributed by atoms with Crippen LogP contribution in [0.4, 0.5) is 14.6 Å². The number of aromatic nitrogens is 1. The molecule has 170 valence electrons. The van der Waals surface area contributed by atoms with Gasteiger partial charge < -0.3 is 20.1 Å². The van der Waals surface area contributed by atoms with E-state index in [0.29, 0.717) is 28.7 Å². The van der Waals surface area contributed by atoms with Crippen LogP contribution in [0.5, 0.6) is 11.5 Å². The van der Waals surface area contributed by atoms with E-state index in [2.05, 4.69) is 10.2 Å². The molecule has 0 amide bonds. The topological polar surface area (TPSA) is 81.4 Å². The molecule has 1 fully saturated rings. The largest absolute Gasteiger partial charge is 0.507 e. The predicted molar refractivity (Wildman–Crippen MR) is 122 cm³/mol. The van der Waals surface area contributed by atoms with Crippen molar-refractivity contribution in [1.82, 2.24) is 10.3 Å². The molecule has 0 spiro atoms. The van der Waals surface area contributed by atoms with Gasteiger partial charge in [0, 0.05) is 30.8 Å². The molecule has 8 heteroatoms. The number of ether oxygens (including phenoxy) is 1. The monoisotopic (exact) mass is 450 g/mol. The Morgan fingerprint density at radius 1 is 1.09 bits per heavy atom. The van der Waals surface area contributed by atoms with Gasteiger partial charge >= 0.3 is 0 Å². The van der Waals surface area contributed by atoms with Crippen LogP contribution in [0.3, 0.4) is 0 Å². The fraction of sp³-hybridized carbons (Fsp3) is 0.280. The highest BCUT2D eigenvalue weighted by molar-refractivity contribution is 5.87. The summed E-state index contributed by atoms with van der Waals surface area (Å²) in [7, 11) is 3.30. The van der Waals surface area contributed by atoms with Crippen LogP contribution in [-0.4, -0.2) is 43.4 Å². The summed E-state index contributed by atoms with van der Waals surface area (Å²) < 4.78 is 33.9. The van der Waals surface area contributed by atoms with Crippen molar-refractivity contribution >= 4 is 5.82 Å². The minimum atomic E-state index is -0.691. The second-order valence-corrected chi connectivity index (χ2v) is 7.93. The van der Waals surface area contributed by atoms with Crippen molar-refractivity contribution < 1.29 is 18.6 Å². The molecule has 0 saturated carbocycles. The maximum Gasteiger partial charge on any atom is 0.165 e. The quantitative estimate of drug-likeness (QED) is 0.597. The molecule has 33 heavy (non-hydrogen) atoms. The predicted octanol–water partition coefficient (Wildman–Crippen LogP) is 4.47. The second kappa shape index (κ2) is 9.43. The lowest BCUT2D eigenvalue weighted by Crippen LogP contribution is -2.41. The number of hydrogen-bond acceptors (Lipinski definition) is 6. The first-order valence-electron chi connectivity index (χ1n) is 10.6. The van der Waals surface area contributed by atoms with Crippen LogP contribution in [0.1, 0.15) is 18.4 Å². The fourth-order valence-corrected chi connectivity index (χ4v) is 4.15. The van der Waals surface area contributed by atoms with Crippen molar-refractivity contribution in [3.63, 3.8) is 0 Å². The first-order valence-corrected chi connectivity index (χ1v) is 10.6. The van der Waals surface area contributed by atoms with Crippen LogP contribution in [0.25, 0.3) is 22.4 Å². The number of benzene rings is 2. The molecule has 0 bridgehead atoms. The zero-order valence-corrected chi connectivity index (χ0v) is 18.4. The highest BCUT2D eigenvalue weighted by atomic mass is 19.1. The maximum atomic E-state index is 14.5. The molecule has 1 aliphatic heterocycles. The molecular formula is C25H24F2N4O2. The molecule has 1 aromatic heterocycles. The molecule has 2 N–H and O–H groups in total. The molecule has 0 aliphatic carbocycles. The first-order chi connectivity index (χ1) is 15.9. The summed E-state index contributed by atoms with van der Waals surface area (Å²) in [6.07, 6.45) is 1.84. The third-order valence-electron chi connectivity index (χ3n) is 6.02. The Bertz CT molecular complexity index is 1220. The Kier molecular flexibility index (Phi) is 6.43. The van der Waals surface area contributed by atoms with Gasteiger partial charge in [0.2, 0.25) is 0 Å². The molecular weight excluding hydrogens is 426 g/mol. The van der Waals surface area contributed by atoms with Gasteiger partial charge in [0.25, 0.3) is 0 Å². The minimum absolute atomic E-state index is 0.0705. The van der Waals surface area contributed by atoms with E-state index in [0.717, 1.165) is 25.9 Å². The van der Waals surface area contributed by atoms with Crippen molar-refractivity contribution in [1.29, 1.82) is 5.26 Å². The Morgan fingerprint density at radius 2 is 1.79 bits per heavy atom. The number of rotatable bonds is 5. The summed E-state index contributed by atoms with van der Waals surface area (Å²) in [6, 6.07) is 12.2. The van der Waals surface area contributed by atoms with E-state index in [1.165, 1.54) is 31.4 Å². The number of nitriles is 1. The van der Waals surface area contributed by atoms with Gasteiger partial charge in [0.05, 0.1) is 23.9 Å². The van der Waals surface area contributed by atoms with Gasteiger partial charge in [-0.3, -0.25) is 0 Å². The van der Waals surface area contributed by atoms with Crippen LogP contribution in [-0.2, 0) is 0 Å². The van der Waals surface area contributed by atoms with Gasteiger partial charge in [-0.2, -0.15) is 5.26 Å². The molecule has 2 aromatic carbocycles. The van der Waals surface area contributed by atoms with Crippen molar-refractivity contribution in [2.75, 3.05) is 32.1 Å². The Labute approximate surface area is 191 Å². The van der Waals surface area contributed by atoms with E-state index in [1.54, 1.807) is 24.3 Å². The Hall–Kier alpha value is -3.70. The Morgan fingerprint density at radius 3 is 2.39 bits per heavy atom. The molecule has 6 nitrogen and oxygen atoms in total. The molecule has 3 aromatic rings. The van der Waals surface area contributed by atoms with Gasteiger partial charge in [-0.1, -0.05) is 12.1 Å². The van der Waals surface area contributed by atoms with Crippen LogP contribution >= 0.6 is 0 Å². The second-order valence-electron chi connectivity index (χ2n) is 7.93. The van der Waals surface area contributed by atoms with E-state index >= 15 is 0 Å². The van der Waals surface area contributed by atoms with E-state index in [1.807, 2.05) is 7.05 Å². The third kappa shape index (κ3) is 4.45. The summed E-state index contributed by atoms with van der Waals surface area (Å²) in [5, 5.41) is 23.4. The highest BCUT2D eigenvalue weighted by Gasteiger charge is 2.23. The molecule has 1 saturated heterocycles. The van der Waals surface area contributed by atoms with E-state index in [9.17, 15) is 13.9 Å². The lowest BCUT2D eigenvalue weighted by molar-refractivity contribution is 0.386. The molecule has 0 unspecified atom stereocenters. The number of hydrogen-bond donors (Lipinski definition) is 2. The number of halogens is 2. The summed E-state index contributed by atoms with van der Waals surface area (Å²) in [4.78, 5) is 6.83. The van der Waals surface area contributed by atoms with Crippen LogP contribution in [0.15, 0.2) is 42.5 Å². The number of nitrogens with zero attached hydrogens (tertiary/aromatic N) is 3. The number of aromatic hydroxyl groups is 1. The minimum Gasteiger partial charge on any atom is -0.507 e. The van der Waals surface area contributed by atoms with Gasteiger partial charge in [-0.15, -0.1) is 0 Å². The van der Waals surface area contributed by atoms with Crippen molar-refractivity contribution in [3.05, 3.63) is 59.7 Å². The maximum absolute atomic E-state index is 14.5. The van der Waals surface area contributed by atoms with Crippen LogP contribution < -0.4 is 15.0 Å². The number of methoxy groups -OCH3 is 1. The summed E-state index contributed by atoms with van der Waals surface area (Å²) in [5.41, 5.74) is 1.23. The van der Waals surface area contributed by atoms with Crippen LogP contribution in [0, 0.1) is 23.0 Å². The number of pyridine rings is 1. The number of nitrogens with one attached hydrogen (secondary N) is 1. The fourth-order valence-electron chi connectivity index (χ4n) is 4.15. The summed E-state index contributed by atoms with van der Waals surface area (Å²) in [6.45, 7) is 1.49. The molecule has 0 radical (unpaired) electrons. The van der Waals surface area contributed by atoms with Gasteiger partial charge in [-0.05, 0) is 49.7 Å². The lowest BCUT2D eigenvalue weighted by atomic mass is 9.96. The van der Waals surface area contributed by atoms with E-state index in [4.69, 9.17) is 15.0 Å². The first kappa shape index (κ1) is 22.5. The van der Waals surface area contributed by atoms with Gasteiger partial charge in [0.15, 0.2) is 11.6 Å². The average molecular weight is 450 g/mol. The van der Waals surface area contributed by atoms with Gasteiger partial charge in [0.1, 0.15) is 23.5 Å². The number of anilines is 1. The van der Waals surface area contributed by atoms with E-state index < -0.39 is 11.6 Å².